The van der Waals surface area contributed by atoms with Crippen LogP contribution in [0.25, 0.3) is 0 Å². The lowest BCUT2D eigenvalue weighted by Crippen LogP contribution is -2.25. The van der Waals surface area contributed by atoms with Gasteiger partial charge in [0.25, 0.3) is 0 Å². The summed E-state index contributed by atoms with van der Waals surface area (Å²) in [5.41, 5.74) is 0. The van der Waals surface area contributed by atoms with Crippen LogP contribution in [0.5, 0.6) is 0 Å². The number of unbranched alkanes of at least 4 members (excludes halogenated alkanes) is 1. The Morgan fingerprint density at radius 3 is 2.20 bits per heavy atom. The number of ether oxygens (including phenoxy) is 3. The van der Waals surface area contributed by atoms with Crippen LogP contribution < -0.4 is 0 Å². The van der Waals surface area contributed by atoms with Gasteiger partial charge in [-0.3, -0.25) is 9.59 Å². The predicted octanol–water partition coefficient (Wildman–Crippen LogP) is 2.57. The molecule has 0 N–H and O–H groups in total. The molecule has 0 heterocycles. The van der Waals surface area contributed by atoms with Crippen LogP contribution in [0.3, 0.4) is 0 Å². The van der Waals surface area contributed by atoms with Crippen molar-refractivity contribution in [1.29, 1.82) is 0 Å². The molecule has 20 heavy (non-hydrogen) atoms. The Balaban J connectivity index is 4.12. The maximum atomic E-state index is 11.8. The Labute approximate surface area is 122 Å². The summed E-state index contributed by atoms with van der Waals surface area (Å²) in [7, 11) is 1.56. The van der Waals surface area contributed by atoms with Gasteiger partial charge in [0, 0.05) is 7.11 Å². The molecule has 0 aliphatic heterocycles. The molecular weight excluding hydrogens is 260 g/mol. The SMILES string of the molecule is CCCCOC(=O)C(C)CC(CC)C(=O)OCCOC. The summed E-state index contributed by atoms with van der Waals surface area (Å²) < 4.78 is 15.1. The van der Waals surface area contributed by atoms with Gasteiger partial charge in [-0.25, -0.2) is 0 Å². The van der Waals surface area contributed by atoms with Crippen molar-refractivity contribution in [1.82, 2.24) is 0 Å². The van der Waals surface area contributed by atoms with E-state index in [9.17, 15) is 9.59 Å². The monoisotopic (exact) mass is 288 g/mol. The van der Waals surface area contributed by atoms with Gasteiger partial charge in [0.05, 0.1) is 25.0 Å². The molecule has 0 rings (SSSR count). The minimum absolute atomic E-state index is 0.235. The average Bonchev–Trinajstić information content (AvgIpc) is 2.44. The standard InChI is InChI=1S/C15H28O5/c1-5-7-8-19-14(16)12(3)11-13(6-2)15(17)20-10-9-18-4/h12-13H,5-11H2,1-4H3. The molecule has 0 saturated carbocycles. The fourth-order valence-electron chi connectivity index (χ4n) is 1.76. The Bertz CT molecular complexity index is 277. The van der Waals surface area contributed by atoms with Gasteiger partial charge >= 0.3 is 11.9 Å². The molecule has 0 radical (unpaired) electrons. The highest BCUT2D eigenvalue weighted by Gasteiger charge is 2.25. The second kappa shape index (κ2) is 11.7. The summed E-state index contributed by atoms with van der Waals surface area (Å²) in [5.74, 6) is -1.05. The second-order valence-electron chi connectivity index (χ2n) is 4.92. The molecule has 0 aliphatic carbocycles. The third-order valence-electron chi connectivity index (χ3n) is 3.14. The Kier molecular flexibility index (Phi) is 11.1. The topological polar surface area (TPSA) is 61.8 Å². The van der Waals surface area contributed by atoms with Gasteiger partial charge in [0.15, 0.2) is 0 Å². The molecule has 2 atom stereocenters. The summed E-state index contributed by atoms with van der Waals surface area (Å²) >= 11 is 0. The summed E-state index contributed by atoms with van der Waals surface area (Å²) in [5, 5.41) is 0. The molecule has 2 unspecified atom stereocenters. The molecule has 0 amide bonds. The van der Waals surface area contributed by atoms with Crippen molar-refractivity contribution in [3.63, 3.8) is 0 Å². The van der Waals surface area contributed by atoms with Gasteiger partial charge in [-0.05, 0) is 19.3 Å². The summed E-state index contributed by atoms with van der Waals surface area (Å²) in [6.45, 7) is 6.84. The first-order valence-electron chi connectivity index (χ1n) is 7.38. The van der Waals surface area contributed by atoms with Gasteiger partial charge in [-0.15, -0.1) is 0 Å². The van der Waals surface area contributed by atoms with Gasteiger partial charge in [-0.2, -0.15) is 0 Å². The van der Waals surface area contributed by atoms with Crippen LogP contribution in [-0.4, -0.2) is 38.9 Å². The van der Waals surface area contributed by atoms with Crippen molar-refractivity contribution >= 4 is 11.9 Å². The number of esters is 2. The fraction of sp³-hybridized carbons (Fsp3) is 0.867. The first-order valence-corrected chi connectivity index (χ1v) is 7.38. The van der Waals surface area contributed by atoms with Gasteiger partial charge < -0.3 is 14.2 Å². The summed E-state index contributed by atoms with van der Waals surface area (Å²) in [4.78, 5) is 23.6. The van der Waals surface area contributed by atoms with E-state index in [1.165, 1.54) is 0 Å². The van der Waals surface area contributed by atoms with Crippen molar-refractivity contribution in [3.05, 3.63) is 0 Å². The third kappa shape index (κ3) is 8.15. The molecule has 118 valence electrons. The zero-order valence-corrected chi connectivity index (χ0v) is 13.1. The van der Waals surface area contributed by atoms with E-state index < -0.39 is 0 Å². The van der Waals surface area contributed by atoms with E-state index in [0.717, 1.165) is 12.8 Å². The largest absolute Gasteiger partial charge is 0.465 e. The smallest absolute Gasteiger partial charge is 0.309 e. The maximum Gasteiger partial charge on any atom is 0.309 e. The van der Waals surface area contributed by atoms with Crippen LogP contribution in [0.4, 0.5) is 0 Å². The van der Waals surface area contributed by atoms with Crippen molar-refractivity contribution in [3.8, 4) is 0 Å². The quantitative estimate of drug-likeness (QED) is 0.432. The molecule has 0 aromatic rings. The highest BCUT2D eigenvalue weighted by atomic mass is 16.6. The van der Waals surface area contributed by atoms with Crippen molar-refractivity contribution in [2.45, 2.75) is 46.5 Å². The number of hydrogen-bond donors (Lipinski definition) is 0. The van der Waals surface area contributed by atoms with Crippen LogP contribution in [-0.2, 0) is 23.8 Å². The van der Waals surface area contributed by atoms with Gasteiger partial charge in [0.1, 0.15) is 6.61 Å². The Morgan fingerprint density at radius 1 is 1.00 bits per heavy atom. The van der Waals surface area contributed by atoms with Crippen molar-refractivity contribution in [2.75, 3.05) is 26.9 Å². The van der Waals surface area contributed by atoms with Crippen LogP contribution >= 0.6 is 0 Å². The summed E-state index contributed by atoms with van der Waals surface area (Å²) in [6.07, 6.45) is 2.98. The molecule has 0 aromatic heterocycles. The van der Waals surface area contributed by atoms with Crippen molar-refractivity contribution in [2.24, 2.45) is 11.8 Å². The fourth-order valence-corrected chi connectivity index (χ4v) is 1.76. The van der Waals surface area contributed by atoms with E-state index in [1.54, 1.807) is 14.0 Å². The minimum Gasteiger partial charge on any atom is -0.465 e. The predicted molar refractivity (Wildman–Crippen MR) is 76.3 cm³/mol. The van der Waals surface area contributed by atoms with Gasteiger partial charge in [-0.1, -0.05) is 27.2 Å². The number of rotatable bonds is 11. The zero-order chi connectivity index (χ0) is 15.4. The van der Waals surface area contributed by atoms with E-state index in [1.807, 2.05) is 13.8 Å². The number of methoxy groups -OCH3 is 1. The molecular formula is C15H28O5. The van der Waals surface area contributed by atoms with Gasteiger partial charge in [0.2, 0.25) is 0 Å². The van der Waals surface area contributed by atoms with E-state index in [-0.39, 0.29) is 30.4 Å². The number of carbonyl (C=O) groups excluding carboxylic acids is 2. The number of carbonyl (C=O) groups is 2. The highest BCUT2D eigenvalue weighted by molar-refractivity contribution is 5.75. The van der Waals surface area contributed by atoms with Crippen LogP contribution in [0.15, 0.2) is 0 Å². The van der Waals surface area contributed by atoms with Crippen molar-refractivity contribution < 1.29 is 23.8 Å². The molecule has 5 nitrogen and oxygen atoms in total. The maximum absolute atomic E-state index is 11.8. The highest BCUT2D eigenvalue weighted by Crippen LogP contribution is 2.18. The second-order valence-corrected chi connectivity index (χ2v) is 4.92. The molecule has 0 aromatic carbocycles. The normalized spacial score (nSPS) is 13.6. The Hall–Kier alpha value is -1.10. The Morgan fingerprint density at radius 2 is 1.65 bits per heavy atom. The molecule has 0 fully saturated rings. The van der Waals surface area contributed by atoms with E-state index in [2.05, 4.69) is 0 Å². The lowest BCUT2D eigenvalue weighted by atomic mass is 9.94. The minimum atomic E-state index is -0.285. The first-order chi connectivity index (χ1) is 9.56. The van der Waals surface area contributed by atoms with Crippen LogP contribution in [0, 0.1) is 11.8 Å². The summed E-state index contributed by atoms with van der Waals surface area (Å²) in [6, 6.07) is 0. The van der Waals surface area contributed by atoms with E-state index in [0.29, 0.717) is 26.1 Å². The third-order valence-corrected chi connectivity index (χ3v) is 3.14. The molecule has 5 heteroatoms. The van der Waals surface area contributed by atoms with E-state index >= 15 is 0 Å². The van der Waals surface area contributed by atoms with E-state index in [4.69, 9.17) is 14.2 Å². The van der Waals surface area contributed by atoms with Crippen LogP contribution in [0.1, 0.15) is 46.5 Å². The lowest BCUT2D eigenvalue weighted by molar-refractivity contribution is -0.153. The molecule has 0 bridgehead atoms. The number of hydrogen-bond acceptors (Lipinski definition) is 5. The lowest BCUT2D eigenvalue weighted by Gasteiger charge is -2.18. The molecule has 0 saturated heterocycles. The zero-order valence-electron chi connectivity index (χ0n) is 13.1. The molecule has 0 spiro atoms. The average molecular weight is 288 g/mol. The molecule has 0 aliphatic rings. The first kappa shape index (κ1) is 18.9. The van der Waals surface area contributed by atoms with Crippen LogP contribution in [0.2, 0.25) is 0 Å².